The van der Waals surface area contributed by atoms with E-state index in [1.54, 1.807) is 38.5 Å². The SMILES string of the molecule is CC(C)(O)CNc1ncc(-c2ccnc(Nc3cc[nH]c(=O)c3)n2)c(CC2CC2)n1. The molecule has 9 nitrogen and oxygen atoms in total. The van der Waals surface area contributed by atoms with Crippen LogP contribution in [0, 0.1) is 5.92 Å². The van der Waals surface area contributed by atoms with Gasteiger partial charge in [-0.1, -0.05) is 0 Å². The zero-order valence-electron chi connectivity index (χ0n) is 17.0. The molecule has 4 rings (SSSR count). The molecule has 0 amide bonds. The first-order valence-corrected chi connectivity index (χ1v) is 9.97. The minimum atomic E-state index is -0.856. The third kappa shape index (κ3) is 5.38. The number of hydrogen-bond acceptors (Lipinski definition) is 8. The van der Waals surface area contributed by atoms with E-state index in [0.717, 1.165) is 17.7 Å². The number of aliphatic hydroxyl groups is 1. The predicted octanol–water partition coefficient (Wildman–Crippen LogP) is 2.50. The maximum atomic E-state index is 11.5. The Kier molecular flexibility index (Phi) is 5.45. The first kappa shape index (κ1) is 20.0. The van der Waals surface area contributed by atoms with Gasteiger partial charge >= 0.3 is 0 Å². The summed E-state index contributed by atoms with van der Waals surface area (Å²) in [4.78, 5) is 32.0. The maximum Gasteiger partial charge on any atom is 0.249 e. The molecule has 0 saturated heterocycles. The van der Waals surface area contributed by atoms with Crippen molar-refractivity contribution in [1.82, 2.24) is 24.9 Å². The van der Waals surface area contributed by atoms with Crippen molar-refractivity contribution in [3.63, 3.8) is 0 Å². The summed E-state index contributed by atoms with van der Waals surface area (Å²) in [6.45, 7) is 3.82. The third-order valence-corrected chi connectivity index (χ3v) is 4.69. The fourth-order valence-electron chi connectivity index (χ4n) is 2.98. The second-order valence-corrected chi connectivity index (χ2v) is 8.20. The lowest BCUT2D eigenvalue weighted by Gasteiger charge is -2.18. The molecule has 1 aliphatic carbocycles. The van der Waals surface area contributed by atoms with E-state index in [1.165, 1.54) is 18.9 Å². The maximum absolute atomic E-state index is 11.5. The van der Waals surface area contributed by atoms with Crippen LogP contribution in [0.4, 0.5) is 17.6 Å². The van der Waals surface area contributed by atoms with Gasteiger partial charge in [0.05, 0.1) is 17.0 Å². The molecule has 0 spiro atoms. The summed E-state index contributed by atoms with van der Waals surface area (Å²) in [6.07, 6.45) is 8.26. The highest BCUT2D eigenvalue weighted by atomic mass is 16.3. The van der Waals surface area contributed by atoms with E-state index in [1.807, 2.05) is 6.07 Å². The van der Waals surface area contributed by atoms with E-state index in [2.05, 4.69) is 30.6 Å². The Bertz CT molecular complexity index is 1090. The number of pyridine rings is 1. The minimum Gasteiger partial charge on any atom is -0.389 e. The molecule has 30 heavy (non-hydrogen) atoms. The molecule has 1 fully saturated rings. The summed E-state index contributed by atoms with van der Waals surface area (Å²) in [5.41, 5.74) is 2.04. The molecular formula is C21H25N7O2. The van der Waals surface area contributed by atoms with E-state index in [0.29, 0.717) is 35.7 Å². The quantitative estimate of drug-likeness (QED) is 0.448. The smallest absolute Gasteiger partial charge is 0.249 e. The van der Waals surface area contributed by atoms with Gasteiger partial charge in [0, 0.05) is 42.5 Å². The van der Waals surface area contributed by atoms with Crippen LogP contribution in [-0.2, 0) is 6.42 Å². The standard InChI is InChI=1S/C21H25N7O2/c1-21(2,30)12-25-19-24-11-15(17(28-19)9-13-3-4-13)16-6-8-23-20(27-16)26-14-5-7-22-18(29)10-14/h5-8,10-11,13,30H,3-4,9,12H2,1-2H3,(H,24,25,28)(H2,22,23,26,27,29). The fraction of sp³-hybridized carbons (Fsp3) is 0.381. The molecule has 1 saturated carbocycles. The van der Waals surface area contributed by atoms with Crippen LogP contribution in [0.25, 0.3) is 11.3 Å². The van der Waals surface area contributed by atoms with Gasteiger partial charge in [-0.05, 0) is 51.2 Å². The topological polar surface area (TPSA) is 129 Å². The Labute approximate surface area is 174 Å². The summed E-state index contributed by atoms with van der Waals surface area (Å²) < 4.78 is 0. The van der Waals surface area contributed by atoms with Crippen molar-refractivity contribution in [2.45, 2.75) is 38.7 Å². The molecule has 3 heterocycles. The number of rotatable bonds is 8. The van der Waals surface area contributed by atoms with Crippen LogP contribution in [0.3, 0.4) is 0 Å². The molecule has 3 aromatic heterocycles. The Hall–Kier alpha value is -3.33. The lowest BCUT2D eigenvalue weighted by atomic mass is 10.1. The number of aromatic nitrogens is 5. The summed E-state index contributed by atoms with van der Waals surface area (Å²) in [5, 5.41) is 16.1. The minimum absolute atomic E-state index is 0.203. The first-order chi connectivity index (χ1) is 14.4. The fourth-order valence-corrected chi connectivity index (χ4v) is 2.98. The van der Waals surface area contributed by atoms with Gasteiger partial charge in [-0.2, -0.15) is 0 Å². The largest absolute Gasteiger partial charge is 0.389 e. The highest BCUT2D eigenvalue weighted by Gasteiger charge is 2.25. The van der Waals surface area contributed by atoms with Crippen LogP contribution < -0.4 is 16.2 Å². The van der Waals surface area contributed by atoms with Gasteiger partial charge in [-0.15, -0.1) is 0 Å². The van der Waals surface area contributed by atoms with Gasteiger partial charge in [-0.25, -0.2) is 19.9 Å². The Balaban J connectivity index is 1.61. The molecule has 0 aliphatic heterocycles. The predicted molar refractivity (Wildman–Crippen MR) is 115 cm³/mol. The molecule has 1 aliphatic rings. The van der Waals surface area contributed by atoms with Crippen molar-refractivity contribution in [3.05, 3.63) is 52.8 Å². The van der Waals surface area contributed by atoms with Crippen LogP contribution >= 0.6 is 0 Å². The highest BCUT2D eigenvalue weighted by Crippen LogP contribution is 2.35. The average Bonchev–Trinajstić information content (AvgIpc) is 3.50. The highest BCUT2D eigenvalue weighted by molar-refractivity contribution is 5.64. The molecular weight excluding hydrogens is 382 g/mol. The van der Waals surface area contributed by atoms with Crippen molar-refractivity contribution in [2.75, 3.05) is 17.2 Å². The van der Waals surface area contributed by atoms with Crippen LogP contribution in [0.1, 0.15) is 32.4 Å². The van der Waals surface area contributed by atoms with E-state index in [9.17, 15) is 9.90 Å². The second-order valence-electron chi connectivity index (χ2n) is 8.20. The average molecular weight is 407 g/mol. The van der Waals surface area contributed by atoms with E-state index in [-0.39, 0.29) is 5.56 Å². The Morgan fingerprint density at radius 2 is 2.03 bits per heavy atom. The zero-order valence-corrected chi connectivity index (χ0v) is 17.0. The monoisotopic (exact) mass is 407 g/mol. The second kappa shape index (κ2) is 8.19. The van der Waals surface area contributed by atoms with Crippen molar-refractivity contribution in [2.24, 2.45) is 5.92 Å². The van der Waals surface area contributed by atoms with Crippen LogP contribution in [-0.4, -0.2) is 42.2 Å². The molecule has 0 atom stereocenters. The number of nitrogens with one attached hydrogen (secondary N) is 3. The Morgan fingerprint density at radius 1 is 1.20 bits per heavy atom. The number of H-pyrrole nitrogens is 1. The summed E-state index contributed by atoms with van der Waals surface area (Å²) >= 11 is 0. The molecule has 156 valence electrons. The molecule has 0 bridgehead atoms. The van der Waals surface area contributed by atoms with Crippen molar-refractivity contribution in [1.29, 1.82) is 0 Å². The van der Waals surface area contributed by atoms with Gasteiger partial charge < -0.3 is 20.7 Å². The van der Waals surface area contributed by atoms with E-state index < -0.39 is 5.60 Å². The van der Waals surface area contributed by atoms with Crippen molar-refractivity contribution in [3.8, 4) is 11.3 Å². The Morgan fingerprint density at radius 3 is 2.77 bits per heavy atom. The van der Waals surface area contributed by atoms with E-state index in [4.69, 9.17) is 4.98 Å². The molecule has 9 heteroatoms. The van der Waals surface area contributed by atoms with Gasteiger partial charge in [0.15, 0.2) is 0 Å². The number of nitrogens with zero attached hydrogens (tertiary/aromatic N) is 4. The molecule has 0 aromatic carbocycles. The van der Waals surface area contributed by atoms with Gasteiger partial charge in [-0.3, -0.25) is 4.79 Å². The third-order valence-electron chi connectivity index (χ3n) is 4.69. The lowest BCUT2D eigenvalue weighted by molar-refractivity contribution is 0.0943. The molecule has 0 unspecified atom stereocenters. The first-order valence-electron chi connectivity index (χ1n) is 9.97. The lowest BCUT2D eigenvalue weighted by Crippen LogP contribution is -2.30. The number of anilines is 3. The summed E-state index contributed by atoms with van der Waals surface area (Å²) in [7, 11) is 0. The zero-order chi connectivity index (χ0) is 21.1. The number of aromatic amines is 1. The van der Waals surface area contributed by atoms with Crippen molar-refractivity contribution >= 4 is 17.6 Å². The van der Waals surface area contributed by atoms with Crippen LogP contribution in [0.15, 0.2) is 41.6 Å². The summed E-state index contributed by atoms with van der Waals surface area (Å²) in [5.74, 6) is 1.52. The van der Waals surface area contributed by atoms with Gasteiger partial charge in [0.2, 0.25) is 17.5 Å². The molecule has 4 N–H and O–H groups in total. The van der Waals surface area contributed by atoms with Crippen LogP contribution in [0.2, 0.25) is 0 Å². The number of hydrogen-bond donors (Lipinski definition) is 4. The molecule has 3 aromatic rings. The van der Waals surface area contributed by atoms with Crippen LogP contribution in [0.5, 0.6) is 0 Å². The van der Waals surface area contributed by atoms with Gasteiger partial charge in [0.25, 0.3) is 0 Å². The molecule has 0 radical (unpaired) electrons. The normalized spacial score (nSPS) is 13.8. The summed E-state index contributed by atoms with van der Waals surface area (Å²) in [6, 6.07) is 5.00. The van der Waals surface area contributed by atoms with Crippen molar-refractivity contribution < 1.29 is 5.11 Å². The van der Waals surface area contributed by atoms with Gasteiger partial charge in [0.1, 0.15) is 0 Å². The van der Waals surface area contributed by atoms with E-state index >= 15 is 0 Å².